The number of hydrogen-bond acceptors (Lipinski definition) is 4. The first-order valence-corrected chi connectivity index (χ1v) is 5.97. The van der Waals surface area contributed by atoms with Crippen LogP contribution < -0.4 is 5.32 Å². The van der Waals surface area contributed by atoms with Crippen molar-refractivity contribution >= 4 is 27.6 Å². The van der Waals surface area contributed by atoms with Crippen LogP contribution in [0.3, 0.4) is 0 Å². The van der Waals surface area contributed by atoms with Gasteiger partial charge in [-0.2, -0.15) is 0 Å². The lowest BCUT2D eigenvalue weighted by Gasteiger charge is -2.22. The third-order valence-electron chi connectivity index (χ3n) is 2.52. The Morgan fingerprint density at radius 3 is 2.82 bits per heavy atom. The van der Waals surface area contributed by atoms with Crippen LogP contribution in [0.2, 0.25) is 0 Å². The van der Waals surface area contributed by atoms with E-state index in [1.54, 1.807) is 0 Å². The fourth-order valence-corrected chi connectivity index (χ4v) is 1.72. The molecular weight excluding hydrogens is 286 g/mol. The molecule has 1 rings (SSSR count). The van der Waals surface area contributed by atoms with Gasteiger partial charge in [0.2, 0.25) is 0 Å². The summed E-state index contributed by atoms with van der Waals surface area (Å²) in [5, 5.41) is 12.9. The standard InChI is InChI=1S/C12H16BrNO3/c1-8-9(13)5-4-6-10(8)14-7-12(2,16)11(15)17-3/h4-6,14,16H,7H2,1-3H3. The van der Waals surface area contributed by atoms with Gasteiger partial charge in [0.1, 0.15) is 0 Å². The lowest BCUT2D eigenvalue weighted by Crippen LogP contribution is -2.42. The Labute approximate surface area is 109 Å². The average molecular weight is 302 g/mol. The fourth-order valence-electron chi connectivity index (χ4n) is 1.36. The summed E-state index contributed by atoms with van der Waals surface area (Å²) >= 11 is 3.41. The maximum atomic E-state index is 11.3. The number of benzene rings is 1. The van der Waals surface area contributed by atoms with E-state index in [1.165, 1.54) is 14.0 Å². The summed E-state index contributed by atoms with van der Waals surface area (Å²) in [6.07, 6.45) is 0. The quantitative estimate of drug-likeness (QED) is 0.836. The van der Waals surface area contributed by atoms with Gasteiger partial charge in [0.25, 0.3) is 0 Å². The number of rotatable bonds is 4. The zero-order valence-electron chi connectivity index (χ0n) is 10.1. The summed E-state index contributed by atoms with van der Waals surface area (Å²) in [5.41, 5.74) is 0.348. The Morgan fingerprint density at radius 2 is 2.24 bits per heavy atom. The zero-order valence-corrected chi connectivity index (χ0v) is 11.7. The summed E-state index contributed by atoms with van der Waals surface area (Å²) in [6.45, 7) is 3.45. The number of carbonyl (C=O) groups is 1. The number of ether oxygens (including phenoxy) is 1. The van der Waals surface area contributed by atoms with Gasteiger partial charge in [-0.3, -0.25) is 0 Å². The topological polar surface area (TPSA) is 58.6 Å². The smallest absolute Gasteiger partial charge is 0.339 e. The fraction of sp³-hybridized carbons (Fsp3) is 0.417. The van der Waals surface area contributed by atoms with Gasteiger partial charge in [0.05, 0.1) is 13.7 Å². The van der Waals surface area contributed by atoms with E-state index in [9.17, 15) is 9.90 Å². The van der Waals surface area contributed by atoms with E-state index >= 15 is 0 Å². The third kappa shape index (κ3) is 3.44. The Bertz CT molecular complexity index is 418. The molecule has 0 aromatic heterocycles. The number of halogens is 1. The molecule has 4 nitrogen and oxygen atoms in total. The molecule has 0 amide bonds. The Kier molecular flexibility index (Phi) is 4.54. The van der Waals surface area contributed by atoms with Crippen molar-refractivity contribution in [1.29, 1.82) is 0 Å². The molecule has 0 aliphatic heterocycles. The first kappa shape index (κ1) is 14.0. The first-order chi connectivity index (χ1) is 7.88. The Hall–Kier alpha value is -1.07. The van der Waals surface area contributed by atoms with Gasteiger partial charge in [-0.25, -0.2) is 4.79 Å². The number of methoxy groups -OCH3 is 1. The molecule has 0 fully saturated rings. The molecule has 1 atom stereocenters. The van der Waals surface area contributed by atoms with Gasteiger partial charge < -0.3 is 15.2 Å². The highest BCUT2D eigenvalue weighted by atomic mass is 79.9. The highest BCUT2D eigenvalue weighted by Crippen LogP contribution is 2.23. The Balaban J connectivity index is 2.74. The summed E-state index contributed by atoms with van der Waals surface area (Å²) in [5.74, 6) is -0.655. The van der Waals surface area contributed by atoms with Crippen LogP contribution in [0.15, 0.2) is 22.7 Å². The first-order valence-electron chi connectivity index (χ1n) is 5.18. The molecule has 1 aromatic rings. The van der Waals surface area contributed by atoms with E-state index in [-0.39, 0.29) is 6.54 Å². The molecule has 0 saturated heterocycles. The molecule has 1 unspecified atom stereocenters. The molecule has 0 heterocycles. The van der Waals surface area contributed by atoms with Crippen molar-refractivity contribution in [3.63, 3.8) is 0 Å². The van der Waals surface area contributed by atoms with Crippen molar-refractivity contribution < 1.29 is 14.6 Å². The van der Waals surface area contributed by atoms with Crippen LogP contribution in [0.4, 0.5) is 5.69 Å². The van der Waals surface area contributed by atoms with Crippen LogP contribution in [0.1, 0.15) is 12.5 Å². The van der Waals surface area contributed by atoms with Gasteiger partial charge in [0, 0.05) is 10.2 Å². The minimum atomic E-state index is -1.54. The molecule has 0 spiro atoms. The van der Waals surface area contributed by atoms with Crippen molar-refractivity contribution in [1.82, 2.24) is 0 Å². The van der Waals surface area contributed by atoms with E-state index in [2.05, 4.69) is 26.0 Å². The summed E-state index contributed by atoms with van der Waals surface area (Å²) in [6, 6.07) is 5.69. The van der Waals surface area contributed by atoms with Gasteiger partial charge in [-0.1, -0.05) is 22.0 Å². The third-order valence-corrected chi connectivity index (χ3v) is 3.37. The minimum Gasteiger partial charge on any atom is -0.467 e. The van der Waals surface area contributed by atoms with Crippen molar-refractivity contribution in [3.8, 4) is 0 Å². The highest BCUT2D eigenvalue weighted by molar-refractivity contribution is 9.10. The second kappa shape index (κ2) is 5.51. The maximum Gasteiger partial charge on any atom is 0.339 e. The van der Waals surface area contributed by atoms with Crippen molar-refractivity contribution in [2.45, 2.75) is 19.4 Å². The van der Waals surface area contributed by atoms with Gasteiger partial charge >= 0.3 is 5.97 Å². The van der Waals surface area contributed by atoms with E-state index in [1.807, 2.05) is 25.1 Å². The molecule has 1 aromatic carbocycles. The number of anilines is 1. The highest BCUT2D eigenvalue weighted by Gasteiger charge is 2.31. The maximum absolute atomic E-state index is 11.3. The number of nitrogens with one attached hydrogen (secondary N) is 1. The molecule has 0 radical (unpaired) electrons. The molecule has 0 saturated carbocycles. The van der Waals surface area contributed by atoms with Crippen LogP contribution in [0, 0.1) is 6.92 Å². The summed E-state index contributed by atoms with van der Waals surface area (Å²) in [7, 11) is 1.25. The van der Waals surface area contributed by atoms with Crippen molar-refractivity contribution in [3.05, 3.63) is 28.2 Å². The van der Waals surface area contributed by atoms with Crippen LogP contribution >= 0.6 is 15.9 Å². The van der Waals surface area contributed by atoms with Crippen LogP contribution in [-0.2, 0) is 9.53 Å². The number of hydrogen-bond donors (Lipinski definition) is 2. The lowest BCUT2D eigenvalue weighted by molar-refractivity contribution is -0.158. The second-order valence-corrected chi connectivity index (χ2v) is 4.89. The summed E-state index contributed by atoms with van der Waals surface area (Å²) in [4.78, 5) is 11.3. The molecule has 17 heavy (non-hydrogen) atoms. The Morgan fingerprint density at radius 1 is 1.59 bits per heavy atom. The normalized spacial score (nSPS) is 13.9. The second-order valence-electron chi connectivity index (χ2n) is 4.03. The SMILES string of the molecule is COC(=O)C(C)(O)CNc1cccc(Br)c1C. The predicted octanol–water partition coefficient (Wildman–Crippen LogP) is 2.09. The van der Waals surface area contributed by atoms with Gasteiger partial charge in [-0.05, 0) is 31.5 Å². The monoisotopic (exact) mass is 301 g/mol. The molecule has 0 aliphatic rings. The number of aliphatic hydroxyl groups is 1. The molecular formula is C12H16BrNO3. The van der Waals surface area contributed by atoms with E-state index in [4.69, 9.17) is 0 Å². The molecule has 5 heteroatoms. The molecule has 0 aliphatic carbocycles. The van der Waals surface area contributed by atoms with Gasteiger partial charge in [0.15, 0.2) is 5.60 Å². The molecule has 2 N–H and O–H groups in total. The summed E-state index contributed by atoms with van der Waals surface area (Å²) < 4.78 is 5.49. The average Bonchev–Trinajstić information content (AvgIpc) is 2.30. The van der Waals surface area contributed by atoms with Gasteiger partial charge in [-0.15, -0.1) is 0 Å². The van der Waals surface area contributed by atoms with E-state index < -0.39 is 11.6 Å². The minimum absolute atomic E-state index is 0.0942. The number of esters is 1. The van der Waals surface area contributed by atoms with Crippen molar-refractivity contribution in [2.24, 2.45) is 0 Å². The van der Waals surface area contributed by atoms with E-state index in [0.717, 1.165) is 15.7 Å². The molecule has 94 valence electrons. The van der Waals surface area contributed by atoms with E-state index in [0.29, 0.717) is 0 Å². The molecule has 0 bridgehead atoms. The largest absolute Gasteiger partial charge is 0.467 e. The van der Waals surface area contributed by atoms with Crippen LogP contribution in [-0.4, -0.2) is 30.3 Å². The lowest BCUT2D eigenvalue weighted by atomic mass is 10.1. The number of carbonyl (C=O) groups excluding carboxylic acids is 1. The van der Waals surface area contributed by atoms with Crippen LogP contribution in [0.25, 0.3) is 0 Å². The predicted molar refractivity (Wildman–Crippen MR) is 70.0 cm³/mol. The van der Waals surface area contributed by atoms with Crippen molar-refractivity contribution in [2.75, 3.05) is 19.0 Å². The zero-order chi connectivity index (χ0) is 13.1. The van der Waals surface area contributed by atoms with Crippen LogP contribution in [0.5, 0.6) is 0 Å².